The molecule has 144 valence electrons. The van der Waals surface area contributed by atoms with Gasteiger partial charge in [-0.05, 0) is 48.5 Å². The number of aromatic nitrogens is 2. The average molecular weight is 400 g/mol. The molecule has 2 heterocycles. The summed E-state index contributed by atoms with van der Waals surface area (Å²) in [4.78, 5) is 18.9. The fourth-order valence-electron chi connectivity index (χ4n) is 3.31. The molecule has 0 aliphatic carbocycles. The number of nitrogens with zero attached hydrogens (tertiary/aromatic N) is 3. The summed E-state index contributed by atoms with van der Waals surface area (Å²) in [5, 5.41) is 0.672. The Bertz CT molecular complexity index is 949. The largest absolute Gasteiger partial charge is 0.490 e. The summed E-state index contributed by atoms with van der Waals surface area (Å²) >= 11 is 5.90. The molecule has 0 atom stereocenters. The smallest absolute Gasteiger partial charge is 0.272 e. The van der Waals surface area contributed by atoms with Gasteiger partial charge in [-0.1, -0.05) is 11.6 Å². The van der Waals surface area contributed by atoms with Crippen LogP contribution in [0.4, 0.5) is 4.39 Å². The number of carbonyl (C=O) groups excluding carboxylic acids is 1. The van der Waals surface area contributed by atoms with E-state index in [0.717, 1.165) is 18.6 Å². The Hall–Kier alpha value is -2.86. The lowest BCUT2D eigenvalue weighted by atomic mass is 10.1. The van der Waals surface area contributed by atoms with Gasteiger partial charge in [0.2, 0.25) is 0 Å². The summed E-state index contributed by atoms with van der Waals surface area (Å²) in [5.74, 6) is 0.370. The standard InChI is InChI=1S/C21H19ClFN3O2/c22-15-1-7-18(8-2-15)28-19-9-11-25(12-10-19)21(27)20-13-24-14-26(20)17-5-3-16(23)4-6-17/h1-8,13-14,19H,9-12H2. The minimum Gasteiger partial charge on any atom is -0.490 e. The number of piperidine rings is 1. The van der Waals surface area contributed by atoms with Gasteiger partial charge in [0.25, 0.3) is 5.91 Å². The minimum atomic E-state index is -0.320. The maximum absolute atomic E-state index is 13.2. The van der Waals surface area contributed by atoms with Crippen molar-refractivity contribution in [1.29, 1.82) is 0 Å². The molecule has 0 bridgehead atoms. The van der Waals surface area contributed by atoms with Crippen molar-refractivity contribution in [3.63, 3.8) is 0 Å². The molecule has 0 saturated carbocycles. The third-order valence-electron chi connectivity index (χ3n) is 4.81. The monoisotopic (exact) mass is 399 g/mol. The van der Waals surface area contributed by atoms with Crippen molar-refractivity contribution in [2.75, 3.05) is 13.1 Å². The molecular weight excluding hydrogens is 381 g/mol. The van der Waals surface area contributed by atoms with Crippen LogP contribution in [0, 0.1) is 5.82 Å². The topological polar surface area (TPSA) is 47.4 Å². The van der Waals surface area contributed by atoms with E-state index in [2.05, 4.69) is 4.98 Å². The number of amides is 1. The number of carbonyl (C=O) groups is 1. The third kappa shape index (κ3) is 4.02. The lowest BCUT2D eigenvalue weighted by Crippen LogP contribution is -2.42. The summed E-state index contributed by atoms with van der Waals surface area (Å²) in [6.07, 6.45) is 4.67. The van der Waals surface area contributed by atoms with Crippen LogP contribution in [0.1, 0.15) is 23.3 Å². The van der Waals surface area contributed by atoms with Gasteiger partial charge in [-0.15, -0.1) is 0 Å². The van der Waals surface area contributed by atoms with Gasteiger partial charge >= 0.3 is 0 Å². The molecule has 0 spiro atoms. The van der Waals surface area contributed by atoms with Gasteiger partial charge in [-0.2, -0.15) is 0 Å². The number of rotatable bonds is 4. The molecule has 7 heteroatoms. The SMILES string of the molecule is O=C(c1cncn1-c1ccc(F)cc1)N1CCC(Oc2ccc(Cl)cc2)CC1. The van der Waals surface area contributed by atoms with E-state index in [1.54, 1.807) is 46.3 Å². The molecule has 1 saturated heterocycles. The van der Waals surface area contributed by atoms with E-state index in [-0.39, 0.29) is 17.8 Å². The molecule has 1 aliphatic rings. The molecule has 2 aromatic carbocycles. The average Bonchev–Trinajstić information content (AvgIpc) is 3.20. The van der Waals surface area contributed by atoms with Crippen molar-refractivity contribution in [3.8, 4) is 11.4 Å². The molecule has 1 aromatic heterocycles. The predicted molar refractivity (Wildman–Crippen MR) is 105 cm³/mol. The van der Waals surface area contributed by atoms with E-state index in [9.17, 15) is 9.18 Å². The van der Waals surface area contributed by atoms with E-state index in [0.29, 0.717) is 29.5 Å². The fourth-order valence-corrected chi connectivity index (χ4v) is 3.43. The first-order valence-electron chi connectivity index (χ1n) is 9.10. The van der Waals surface area contributed by atoms with Crippen LogP contribution in [-0.2, 0) is 0 Å². The number of imidazole rings is 1. The number of benzene rings is 2. The van der Waals surface area contributed by atoms with Crippen molar-refractivity contribution in [3.05, 3.63) is 77.6 Å². The molecule has 0 N–H and O–H groups in total. The molecule has 0 unspecified atom stereocenters. The highest BCUT2D eigenvalue weighted by molar-refractivity contribution is 6.30. The molecule has 0 radical (unpaired) electrons. The summed E-state index contributed by atoms with van der Waals surface area (Å²) in [7, 11) is 0. The Morgan fingerprint density at radius 3 is 2.43 bits per heavy atom. The second kappa shape index (κ2) is 8.02. The Balaban J connectivity index is 1.40. The Kier molecular flexibility index (Phi) is 5.30. The lowest BCUT2D eigenvalue weighted by Gasteiger charge is -2.32. The zero-order valence-electron chi connectivity index (χ0n) is 15.1. The van der Waals surface area contributed by atoms with Gasteiger partial charge in [0.05, 0.1) is 12.5 Å². The number of likely N-dealkylation sites (tertiary alicyclic amines) is 1. The highest BCUT2D eigenvalue weighted by Crippen LogP contribution is 2.22. The number of hydrogen-bond acceptors (Lipinski definition) is 3. The van der Waals surface area contributed by atoms with Crippen LogP contribution < -0.4 is 4.74 Å². The van der Waals surface area contributed by atoms with E-state index < -0.39 is 0 Å². The molecule has 1 fully saturated rings. The van der Waals surface area contributed by atoms with Gasteiger partial charge in [-0.25, -0.2) is 9.37 Å². The maximum Gasteiger partial charge on any atom is 0.272 e. The van der Waals surface area contributed by atoms with Gasteiger partial charge in [0.1, 0.15) is 23.4 Å². The summed E-state index contributed by atoms with van der Waals surface area (Å²) in [5.41, 5.74) is 1.16. The maximum atomic E-state index is 13.2. The van der Waals surface area contributed by atoms with Crippen LogP contribution in [0.25, 0.3) is 5.69 Å². The van der Waals surface area contributed by atoms with E-state index >= 15 is 0 Å². The molecule has 1 aliphatic heterocycles. The number of hydrogen-bond donors (Lipinski definition) is 0. The van der Waals surface area contributed by atoms with Crippen molar-refractivity contribution in [1.82, 2.24) is 14.5 Å². The second-order valence-corrected chi connectivity index (χ2v) is 7.13. The molecule has 3 aromatic rings. The van der Waals surface area contributed by atoms with Crippen LogP contribution in [0.2, 0.25) is 5.02 Å². The highest BCUT2D eigenvalue weighted by Gasteiger charge is 2.26. The minimum absolute atomic E-state index is 0.0623. The lowest BCUT2D eigenvalue weighted by molar-refractivity contribution is 0.0588. The molecule has 28 heavy (non-hydrogen) atoms. The van der Waals surface area contributed by atoms with Crippen molar-refractivity contribution < 1.29 is 13.9 Å². The molecule has 5 nitrogen and oxygen atoms in total. The first kappa shape index (κ1) is 18.5. The third-order valence-corrected chi connectivity index (χ3v) is 5.06. The molecule has 1 amide bonds. The van der Waals surface area contributed by atoms with Crippen LogP contribution in [0.15, 0.2) is 61.1 Å². The van der Waals surface area contributed by atoms with Crippen molar-refractivity contribution in [2.45, 2.75) is 18.9 Å². The summed E-state index contributed by atoms with van der Waals surface area (Å²) in [6, 6.07) is 13.3. The van der Waals surface area contributed by atoms with Gasteiger partial charge < -0.3 is 9.64 Å². The predicted octanol–water partition coefficient (Wildman–Crippen LogP) is 4.35. The second-order valence-electron chi connectivity index (χ2n) is 6.69. The van der Waals surface area contributed by atoms with Crippen molar-refractivity contribution >= 4 is 17.5 Å². The Morgan fingerprint density at radius 1 is 1.07 bits per heavy atom. The highest BCUT2D eigenvalue weighted by atomic mass is 35.5. The number of halogens is 2. The van der Waals surface area contributed by atoms with Gasteiger partial charge in [-0.3, -0.25) is 9.36 Å². The fraction of sp³-hybridized carbons (Fsp3) is 0.238. The Morgan fingerprint density at radius 2 is 1.75 bits per heavy atom. The van der Waals surface area contributed by atoms with Crippen LogP contribution in [0.5, 0.6) is 5.75 Å². The van der Waals surface area contributed by atoms with Crippen molar-refractivity contribution in [2.24, 2.45) is 0 Å². The Labute approximate surface area is 167 Å². The summed E-state index contributed by atoms with van der Waals surface area (Å²) in [6.45, 7) is 1.21. The summed E-state index contributed by atoms with van der Waals surface area (Å²) < 4.78 is 20.8. The molecular formula is C21H19ClFN3O2. The van der Waals surface area contributed by atoms with Crippen LogP contribution in [-0.4, -0.2) is 39.6 Å². The quantitative estimate of drug-likeness (QED) is 0.655. The first-order chi connectivity index (χ1) is 13.6. The zero-order valence-corrected chi connectivity index (χ0v) is 15.8. The van der Waals surface area contributed by atoms with Crippen LogP contribution in [0.3, 0.4) is 0 Å². The van der Waals surface area contributed by atoms with Gasteiger partial charge in [0.15, 0.2) is 0 Å². The normalized spacial score (nSPS) is 14.9. The molecule has 4 rings (SSSR count). The van der Waals surface area contributed by atoms with E-state index in [4.69, 9.17) is 16.3 Å². The van der Waals surface area contributed by atoms with E-state index in [1.807, 2.05) is 12.1 Å². The first-order valence-corrected chi connectivity index (χ1v) is 9.48. The number of ether oxygens (including phenoxy) is 1. The zero-order chi connectivity index (χ0) is 19.5. The van der Waals surface area contributed by atoms with E-state index in [1.165, 1.54) is 12.1 Å². The van der Waals surface area contributed by atoms with Crippen LogP contribution >= 0.6 is 11.6 Å². The van der Waals surface area contributed by atoms with Gasteiger partial charge in [0, 0.05) is 36.6 Å².